The zero-order chi connectivity index (χ0) is 12.3. The Morgan fingerprint density at radius 1 is 1.50 bits per heavy atom. The van der Waals surface area contributed by atoms with E-state index in [4.69, 9.17) is 12.2 Å². The van der Waals surface area contributed by atoms with Crippen LogP contribution in [0.4, 0.5) is 0 Å². The second-order valence-corrected chi connectivity index (χ2v) is 2.77. The third-order valence-corrected chi connectivity index (χ3v) is 1.82. The van der Waals surface area contributed by atoms with Crippen molar-refractivity contribution in [2.75, 3.05) is 14.2 Å². The molecule has 0 saturated carbocycles. The molecule has 0 saturated heterocycles. The van der Waals surface area contributed by atoms with E-state index in [0.717, 1.165) is 0 Å². The number of methoxy groups -OCH3 is 2. The molecular weight excluding hydrogens is 180 g/mol. The molecule has 3 nitrogen and oxygen atoms in total. The molecule has 0 radical (unpaired) electrons. The molecule has 1 rings (SSSR count). The molecule has 14 heavy (non-hydrogen) atoms. The highest BCUT2D eigenvalue weighted by Crippen LogP contribution is 2.18. The maximum Gasteiger partial charge on any atom is 0.160 e. The van der Waals surface area contributed by atoms with E-state index < -0.39 is 6.56 Å². The van der Waals surface area contributed by atoms with Gasteiger partial charge in [-0.2, -0.15) is 0 Å². The number of ketones is 1. The number of ether oxygens (including phenoxy) is 2. The van der Waals surface area contributed by atoms with Gasteiger partial charge in [-0.1, -0.05) is 0 Å². The lowest BCUT2D eigenvalue weighted by Crippen LogP contribution is -2.01. The number of carbonyl (C=O) groups is 1. The third-order valence-electron chi connectivity index (χ3n) is 1.82. The molecule has 1 aromatic rings. The summed E-state index contributed by atoms with van der Waals surface area (Å²) in [5, 5.41) is 0. The monoisotopic (exact) mass is 196 g/mol. The first-order valence-electron chi connectivity index (χ1n) is 5.17. The van der Waals surface area contributed by atoms with Gasteiger partial charge in [0.1, 0.15) is 5.75 Å². The molecule has 0 spiro atoms. The second-order valence-electron chi connectivity index (χ2n) is 2.77. The fourth-order valence-corrected chi connectivity index (χ4v) is 1.15. The van der Waals surface area contributed by atoms with Gasteiger partial charge < -0.3 is 9.47 Å². The Labute approximate surface area is 86.5 Å². The molecule has 0 fully saturated rings. The Morgan fingerprint density at radius 3 is 2.71 bits per heavy atom. The van der Waals surface area contributed by atoms with E-state index in [1.165, 1.54) is 33.3 Å². The fourth-order valence-electron chi connectivity index (χ4n) is 1.15. The molecule has 0 aromatic heterocycles. The van der Waals surface area contributed by atoms with Gasteiger partial charge in [-0.25, -0.2) is 0 Å². The van der Waals surface area contributed by atoms with Crippen molar-refractivity contribution in [3.63, 3.8) is 0 Å². The molecular formula is C11H14O3. The molecule has 76 valence electrons. The highest BCUT2D eigenvalue weighted by molar-refractivity contribution is 5.95. The summed E-state index contributed by atoms with van der Waals surface area (Å²) >= 11 is 0. The van der Waals surface area contributed by atoms with E-state index in [2.05, 4.69) is 0 Å². The lowest BCUT2D eigenvalue weighted by molar-refractivity contribution is 0.101. The summed E-state index contributed by atoms with van der Waals surface area (Å²) in [6.45, 7) is -0.618. The summed E-state index contributed by atoms with van der Waals surface area (Å²) in [5.41, 5.74) is 0.481. The molecule has 1 aromatic carbocycles. The van der Waals surface area contributed by atoms with Gasteiger partial charge in [0.05, 0.1) is 16.4 Å². The van der Waals surface area contributed by atoms with Crippen molar-refractivity contribution in [2.45, 2.75) is 13.5 Å². The molecule has 0 aliphatic heterocycles. The quantitative estimate of drug-likeness (QED) is 0.691. The Balaban J connectivity index is 3.37. The van der Waals surface area contributed by atoms with E-state index in [-0.39, 0.29) is 11.3 Å². The minimum absolute atomic E-state index is 0.182. The van der Waals surface area contributed by atoms with E-state index in [9.17, 15) is 4.79 Å². The Bertz CT molecular complexity index is 402. The van der Waals surface area contributed by atoms with E-state index >= 15 is 0 Å². The molecule has 0 bridgehead atoms. The van der Waals surface area contributed by atoms with Crippen LogP contribution in [0.25, 0.3) is 0 Å². The van der Waals surface area contributed by atoms with Gasteiger partial charge in [0, 0.05) is 12.7 Å². The van der Waals surface area contributed by atoms with E-state index in [1.807, 2.05) is 0 Å². The van der Waals surface area contributed by atoms with Crippen molar-refractivity contribution in [3.05, 3.63) is 29.3 Å². The summed E-state index contributed by atoms with van der Waals surface area (Å²) in [6, 6.07) is 4.62. The van der Waals surface area contributed by atoms with Crippen LogP contribution in [0.15, 0.2) is 18.2 Å². The Morgan fingerprint density at radius 2 is 2.21 bits per heavy atom. The number of rotatable bonds is 4. The first-order valence-corrected chi connectivity index (χ1v) is 4.17. The van der Waals surface area contributed by atoms with Crippen molar-refractivity contribution in [1.82, 2.24) is 0 Å². The number of carbonyl (C=O) groups excluding carboxylic acids is 1. The SMILES string of the molecule is [2H]C([2H])(OC)c1cc(OC)ccc1C(C)=O. The standard InChI is InChI=1S/C11H14O3/c1-8(12)11-5-4-10(14-3)6-9(11)7-13-2/h4-6H,7H2,1-3H3/i7D2. The lowest BCUT2D eigenvalue weighted by Gasteiger charge is -2.08. The first kappa shape index (κ1) is 8.00. The highest BCUT2D eigenvalue weighted by atomic mass is 16.5. The van der Waals surface area contributed by atoms with Crippen molar-refractivity contribution in [2.24, 2.45) is 0 Å². The van der Waals surface area contributed by atoms with Gasteiger partial charge in [-0.3, -0.25) is 4.79 Å². The summed E-state index contributed by atoms with van der Waals surface area (Å²) in [5.74, 6) is 0.277. The zero-order valence-electron chi connectivity index (χ0n) is 10.5. The number of benzene rings is 1. The third kappa shape index (κ3) is 2.33. The van der Waals surface area contributed by atoms with Crippen LogP contribution in [0.1, 0.15) is 25.6 Å². The lowest BCUT2D eigenvalue weighted by atomic mass is 10.0. The minimum atomic E-state index is -2.00. The van der Waals surface area contributed by atoms with Crippen LogP contribution in [0, 0.1) is 0 Å². The molecule has 0 N–H and O–H groups in total. The van der Waals surface area contributed by atoms with Crippen LogP contribution in [0.3, 0.4) is 0 Å². The average Bonchev–Trinajstić information content (AvgIpc) is 2.28. The molecule has 0 amide bonds. The average molecular weight is 196 g/mol. The molecule has 0 aliphatic carbocycles. The summed E-state index contributed by atoms with van der Waals surface area (Å²) in [7, 11) is 2.73. The molecule has 0 atom stereocenters. The summed E-state index contributed by atoms with van der Waals surface area (Å²) < 4.78 is 25.1. The fraction of sp³-hybridized carbons (Fsp3) is 0.364. The summed E-state index contributed by atoms with van der Waals surface area (Å²) in [4.78, 5) is 11.4. The number of hydrogen-bond acceptors (Lipinski definition) is 3. The maximum atomic E-state index is 11.4. The predicted molar refractivity (Wildman–Crippen MR) is 53.7 cm³/mol. The second kappa shape index (κ2) is 4.77. The first-order chi connectivity index (χ1) is 7.42. The van der Waals surface area contributed by atoms with Gasteiger partial charge in [0.25, 0.3) is 0 Å². The highest BCUT2D eigenvalue weighted by Gasteiger charge is 2.07. The smallest absolute Gasteiger partial charge is 0.160 e. The summed E-state index contributed by atoms with van der Waals surface area (Å²) in [6.07, 6.45) is 0. The van der Waals surface area contributed by atoms with Crippen molar-refractivity contribution in [3.8, 4) is 5.75 Å². The van der Waals surface area contributed by atoms with Crippen LogP contribution < -0.4 is 4.74 Å². The van der Waals surface area contributed by atoms with E-state index in [1.54, 1.807) is 6.07 Å². The normalized spacial score (nSPS) is 13.1. The molecule has 3 heteroatoms. The van der Waals surface area contributed by atoms with Gasteiger partial charge >= 0.3 is 0 Å². The molecule has 0 unspecified atom stereocenters. The predicted octanol–water partition coefficient (Wildman–Crippen LogP) is 2.04. The van der Waals surface area contributed by atoms with Gasteiger partial charge in [-0.05, 0) is 30.7 Å². The van der Waals surface area contributed by atoms with Crippen molar-refractivity contribution < 1.29 is 17.0 Å². The van der Waals surface area contributed by atoms with Crippen molar-refractivity contribution in [1.29, 1.82) is 0 Å². The Kier molecular flexibility index (Phi) is 2.72. The van der Waals surface area contributed by atoms with Gasteiger partial charge in [0.15, 0.2) is 5.78 Å². The molecule has 0 heterocycles. The largest absolute Gasteiger partial charge is 0.497 e. The topological polar surface area (TPSA) is 35.5 Å². The van der Waals surface area contributed by atoms with Crippen LogP contribution >= 0.6 is 0 Å². The van der Waals surface area contributed by atoms with Crippen LogP contribution in [-0.4, -0.2) is 20.0 Å². The maximum absolute atomic E-state index is 11.4. The van der Waals surface area contributed by atoms with E-state index in [0.29, 0.717) is 11.3 Å². The van der Waals surface area contributed by atoms with Crippen LogP contribution in [-0.2, 0) is 11.3 Å². The van der Waals surface area contributed by atoms with Gasteiger partial charge in [0.2, 0.25) is 0 Å². The van der Waals surface area contributed by atoms with Crippen LogP contribution in [0.2, 0.25) is 0 Å². The Hall–Kier alpha value is -1.35. The van der Waals surface area contributed by atoms with Gasteiger partial charge in [-0.15, -0.1) is 0 Å². The molecule has 0 aliphatic rings. The number of hydrogen-bond donors (Lipinski definition) is 0. The minimum Gasteiger partial charge on any atom is -0.497 e. The zero-order valence-corrected chi connectivity index (χ0v) is 8.46. The number of Topliss-reactive ketones (excluding diaryl/α,β-unsaturated/α-hetero) is 1. The van der Waals surface area contributed by atoms with Crippen LogP contribution in [0.5, 0.6) is 5.75 Å². The van der Waals surface area contributed by atoms with Crippen molar-refractivity contribution >= 4 is 5.78 Å².